The number of aromatic nitrogens is 2. The molecule has 0 spiro atoms. The first-order chi connectivity index (χ1) is 13.6. The maximum atomic E-state index is 13.3. The minimum atomic E-state index is -0.290. The van der Waals surface area contributed by atoms with E-state index < -0.39 is 0 Å². The molecule has 2 aromatic carbocycles. The highest BCUT2D eigenvalue weighted by Crippen LogP contribution is 2.29. The second-order valence-corrected chi connectivity index (χ2v) is 8.07. The summed E-state index contributed by atoms with van der Waals surface area (Å²) in [5.41, 5.74) is 2.70. The minimum Gasteiger partial charge on any atom is -0.342 e. The molecule has 0 unspecified atom stereocenters. The van der Waals surface area contributed by atoms with Gasteiger partial charge >= 0.3 is 0 Å². The first-order valence-electron chi connectivity index (χ1n) is 9.55. The lowest BCUT2D eigenvalue weighted by Gasteiger charge is -2.26. The van der Waals surface area contributed by atoms with Gasteiger partial charge in [0.1, 0.15) is 10.8 Å². The third kappa shape index (κ3) is 4.17. The largest absolute Gasteiger partial charge is 0.342 e. The van der Waals surface area contributed by atoms with E-state index in [0.29, 0.717) is 11.6 Å². The molecule has 144 valence electrons. The summed E-state index contributed by atoms with van der Waals surface area (Å²) in [5.74, 6) is 0.781. The molecule has 1 aliphatic rings. The molecule has 0 N–H and O–H groups in total. The van der Waals surface area contributed by atoms with E-state index in [9.17, 15) is 9.18 Å². The number of carbonyl (C=O) groups excluding carboxylic acids is 1. The summed E-state index contributed by atoms with van der Waals surface area (Å²) in [6.45, 7) is 3.72. The SMILES string of the molecule is Cc1ccc2c(SCC(=O)N3CCCCC3)nc(-c3ccc(F)cc3)nc2c1. The third-order valence-electron chi connectivity index (χ3n) is 4.96. The van der Waals surface area contributed by atoms with E-state index in [1.54, 1.807) is 12.1 Å². The number of rotatable bonds is 4. The quantitative estimate of drug-likeness (QED) is 0.468. The van der Waals surface area contributed by atoms with Crippen molar-refractivity contribution in [1.82, 2.24) is 14.9 Å². The first kappa shape index (κ1) is 18.9. The van der Waals surface area contributed by atoms with Gasteiger partial charge in [0.25, 0.3) is 0 Å². The molecule has 0 aliphatic carbocycles. The zero-order valence-corrected chi connectivity index (χ0v) is 16.6. The van der Waals surface area contributed by atoms with Crippen molar-refractivity contribution in [2.24, 2.45) is 0 Å². The van der Waals surface area contributed by atoms with Gasteiger partial charge in [-0.15, -0.1) is 0 Å². The molecule has 0 bridgehead atoms. The molecule has 28 heavy (non-hydrogen) atoms. The van der Waals surface area contributed by atoms with Crippen molar-refractivity contribution in [1.29, 1.82) is 0 Å². The average Bonchev–Trinajstić information content (AvgIpc) is 2.72. The molecule has 6 heteroatoms. The fraction of sp³-hybridized carbons (Fsp3) is 0.318. The predicted molar refractivity (Wildman–Crippen MR) is 111 cm³/mol. The Morgan fingerprint density at radius 1 is 1.07 bits per heavy atom. The number of hydrogen-bond donors (Lipinski definition) is 0. The van der Waals surface area contributed by atoms with Crippen molar-refractivity contribution in [2.45, 2.75) is 31.2 Å². The Bertz CT molecular complexity index is 1000. The van der Waals surface area contributed by atoms with E-state index in [4.69, 9.17) is 4.98 Å². The predicted octanol–water partition coefficient (Wildman–Crippen LogP) is 4.85. The van der Waals surface area contributed by atoms with Crippen LogP contribution in [0.15, 0.2) is 47.5 Å². The van der Waals surface area contributed by atoms with E-state index in [1.807, 2.05) is 30.0 Å². The molecule has 1 fully saturated rings. The number of fused-ring (bicyclic) bond motifs is 1. The molecule has 0 atom stereocenters. The van der Waals surface area contributed by atoms with Gasteiger partial charge in [-0.2, -0.15) is 0 Å². The number of benzene rings is 2. The van der Waals surface area contributed by atoms with Gasteiger partial charge in [0.2, 0.25) is 5.91 Å². The van der Waals surface area contributed by atoms with Gasteiger partial charge in [0.05, 0.1) is 11.3 Å². The number of carbonyl (C=O) groups is 1. The summed E-state index contributed by atoms with van der Waals surface area (Å²) >= 11 is 1.45. The van der Waals surface area contributed by atoms with Crippen LogP contribution in [0.25, 0.3) is 22.3 Å². The van der Waals surface area contributed by atoms with Crippen LogP contribution < -0.4 is 0 Å². The number of aryl methyl sites for hydroxylation is 1. The molecule has 4 nitrogen and oxygen atoms in total. The molecule has 4 rings (SSSR count). The standard InChI is InChI=1S/C22H22FN3OS/c1-15-5-10-18-19(13-15)24-21(16-6-8-17(23)9-7-16)25-22(18)28-14-20(27)26-11-3-2-4-12-26/h5-10,13H,2-4,11-12,14H2,1H3. The maximum absolute atomic E-state index is 13.3. The Hall–Kier alpha value is -2.47. The molecule has 1 saturated heterocycles. The van der Waals surface area contributed by atoms with E-state index in [1.165, 1.54) is 30.3 Å². The van der Waals surface area contributed by atoms with Gasteiger partial charge in [-0.3, -0.25) is 4.79 Å². The smallest absolute Gasteiger partial charge is 0.232 e. The number of thioether (sulfide) groups is 1. The van der Waals surface area contributed by atoms with Gasteiger partial charge in [0, 0.05) is 24.0 Å². The number of likely N-dealkylation sites (tertiary alicyclic amines) is 1. The highest BCUT2D eigenvalue weighted by atomic mass is 32.2. The van der Waals surface area contributed by atoms with Crippen molar-refractivity contribution in [3.8, 4) is 11.4 Å². The minimum absolute atomic E-state index is 0.159. The zero-order valence-electron chi connectivity index (χ0n) is 15.8. The fourth-order valence-corrected chi connectivity index (χ4v) is 4.34. The van der Waals surface area contributed by atoms with Crippen LogP contribution >= 0.6 is 11.8 Å². The molecule has 3 aromatic rings. The summed E-state index contributed by atoms with van der Waals surface area (Å²) in [7, 11) is 0. The first-order valence-corrected chi connectivity index (χ1v) is 10.5. The lowest BCUT2D eigenvalue weighted by molar-refractivity contribution is -0.129. The van der Waals surface area contributed by atoms with E-state index in [0.717, 1.165) is 53.0 Å². The average molecular weight is 396 g/mol. The lowest BCUT2D eigenvalue weighted by atomic mass is 10.1. The van der Waals surface area contributed by atoms with Crippen LogP contribution in [0, 0.1) is 12.7 Å². The van der Waals surface area contributed by atoms with Crippen molar-refractivity contribution in [2.75, 3.05) is 18.8 Å². The number of nitrogens with zero attached hydrogens (tertiary/aromatic N) is 3. The normalized spacial score (nSPS) is 14.4. The Morgan fingerprint density at radius 2 is 1.82 bits per heavy atom. The van der Waals surface area contributed by atoms with E-state index >= 15 is 0 Å². The fourth-order valence-electron chi connectivity index (χ4n) is 3.41. The van der Waals surface area contributed by atoms with Crippen molar-refractivity contribution in [3.63, 3.8) is 0 Å². The van der Waals surface area contributed by atoms with E-state index in [-0.39, 0.29) is 11.7 Å². The van der Waals surface area contributed by atoms with Crippen LogP contribution in [0.2, 0.25) is 0 Å². The van der Waals surface area contributed by atoms with Crippen molar-refractivity contribution < 1.29 is 9.18 Å². The molecule has 1 amide bonds. The molecule has 1 aliphatic heterocycles. The Labute approximate surface area is 168 Å². The van der Waals surface area contributed by atoms with Crippen LogP contribution in [-0.2, 0) is 4.79 Å². The van der Waals surface area contributed by atoms with Gasteiger partial charge in [-0.05, 0) is 68.1 Å². The Balaban J connectivity index is 1.65. The van der Waals surface area contributed by atoms with Gasteiger partial charge in [-0.25, -0.2) is 14.4 Å². The second kappa shape index (κ2) is 8.27. The molecular formula is C22H22FN3OS. The van der Waals surface area contributed by atoms with Gasteiger partial charge in [0.15, 0.2) is 5.82 Å². The van der Waals surface area contributed by atoms with Crippen molar-refractivity contribution >= 4 is 28.6 Å². The highest BCUT2D eigenvalue weighted by molar-refractivity contribution is 8.00. The van der Waals surface area contributed by atoms with E-state index in [2.05, 4.69) is 4.98 Å². The second-order valence-electron chi connectivity index (χ2n) is 7.11. The van der Waals surface area contributed by atoms with Gasteiger partial charge < -0.3 is 4.90 Å². The van der Waals surface area contributed by atoms with Gasteiger partial charge in [-0.1, -0.05) is 17.8 Å². The number of hydrogen-bond acceptors (Lipinski definition) is 4. The topological polar surface area (TPSA) is 46.1 Å². The third-order valence-corrected chi connectivity index (χ3v) is 5.94. The summed E-state index contributed by atoms with van der Waals surface area (Å²) in [5, 5.41) is 1.72. The maximum Gasteiger partial charge on any atom is 0.232 e. The van der Waals surface area contributed by atoms with Crippen LogP contribution in [0.5, 0.6) is 0 Å². The molecule has 0 radical (unpaired) electrons. The number of amides is 1. The molecule has 1 aromatic heterocycles. The summed E-state index contributed by atoms with van der Waals surface area (Å²) in [6, 6.07) is 12.2. The van der Waals surface area contributed by atoms with Crippen LogP contribution in [0.4, 0.5) is 4.39 Å². The summed E-state index contributed by atoms with van der Waals surface area (Å²) < 4.78 is 13.3. The molecule has 0 saturated carbocycles. The van der Waals surface area contributed by atoms with Crippen LogP contribution in [0.3, 0.4) is 0 Å². The summed E-state index contributed by atoms with van der Waals surface area (Å²) in [4.78, 5) is 23.9. The number of piperidine rings is 1. The number of halogens is 1. The molecule has 2 heterocycles. The molecular weight excluding hydrogens is 373 g/mol. The van der Waals surface area contributed by atoms with Crippen LogP contribution in [-0.4, -0.2) is 39.6 Å². The highest BCUT2D eigenvalue weighted by Gasteiger charge is 2.18. The van der Waals surface area contributed by atoms with Crippen molar-refractivity contribution in [3.05, 3.63) is 53.8 Å². The monoisotopic (exact) mass is 395 g/mol. The Morgan fingerprint density at radius 3 is 2.57 bits per heavy atom. The zero-order chi connectivity index (χ0) is 19.5. The Kier molecular flexibility index (Phi) is 5.57. The van der Waals surface area contributed by atoms with Crippen LogP contribution in [0.1, 0.15) is 24.8 Å². The summed E-state index contributed by atoms with van der Waals surface area (Å²) in [6.07, 6.45) is 3.37. The lowest BCUT2D eigenvalue weighted by Crippen LogP contribution is -2.36.